The zero-order chi connectivity index (χ0) is 13.5. The number of hydrogen-bond donors (Lipinski definition) is 1. The van der Waals surface area contributed by atoms with Crippen LogP contribution in [0.3, 0.4) is 0 Å². The summed E-state index contributed by atoms with van der Waals surface area (Å²) in [6, 6.07) is 10.6. The number of thiazole rings is 1. The van der Waals surface area contributed by atoms with E-state index in [9.17, 15) is 0 Å². The molecule has 4 rings (SSSR count). The third-order valence-corrected chi connectivity index (χ3v) is 5.40. The van der Waals surface area contributed by atoms with Crippen molar-refractivity contribution in [2.75, 3.05) is 0 Å². The van der Waals surface area contributed by atoms with Crippen molar-refractivity contribution in [3.8, 4) is 0 Å². The van der Waals surface area contributed by atoms with Gasteiger partial charge >= 0.3 is 0 Å². The average Bonchev–Trinajstić information content (AvgIpc) is 3.10. The van der Waals surface area contributed by atoms with Crippen molar-refractivity contribution < 1.29 is 0 Å². The molecule has 0 aliphatic heterocycles. The molecule has 3 heterocycles. The Hall–Kier alpha value is -1.69. The normalized spacial score (nSPS) is 13.2. The fraction of sp³-hybridized carbons (Fsp3) is 0.133. The third kappa shape index (κ3) is 2.04. The van der Waals surface area contributed by atoms with Gasteiger partial charge in [0, 0.05) is 39.8 Å². The molecule has 0 saturated heterocycles. The standard InChI is InChI=1S/C15H13N3S2/c16-12(8-11-9-18-5-6-19-15(18)17-11)14-7-10-3-1-2-4-13(10)20-14/h1-7,9,12H,8,16H2. The molecule has 1 aromatic carbocycles. The molecule has 100 valence electrons. The second-order valence-electron chi connectivity index (χ2n) is 4.82. The minimum Gasteiger partial charge on any atom is -0.323 e. The van der Waals surface area contributed by atoms with Gasteiger partial charge in [0.2, 0.25) is 0 Å². The number of benzene rings is 1. The van der Waals surface area contributed by atoms with Gasteiger partial charge in [-0.1, -0.05) is 18.2 Å². The van der Waals surface area contributed by atoms with Crippen molar-refractivity contribution in [3.05, 3.63) is 58.7 Å². The highest BCUT2D eigenvalue weighted by Crippen LogP contribution is 2.30. The highest BCUT2D eigenvalue weighted by Gasteiger charge is 2.13. The van der Waals surface area contributed by atoms with Crippen LogP contribution in [0.15, 0.2) is 48.1 Å². The van der Waals surface area contributed by atoms with Gasteiger partial charge in [-0.3, -0.25) is 4.40 Å². The lowest BCUT2D eigenvalue weighted by Crippen LogP contribution is -2.11. The van der Waals surface area contributed by atoms with Crippen LogP contribution in [0, 0.1) is 0 Å². The van der Waals surface area contributed by atoms with E-state index in [0.29, 0.717) is 0 Å². The highest BCUT2D eigenvalue weighted by molar-refractivity contribution is 7.19. The van der Waals surface area contributed by atoms with E-state index < -0.39 is 0 Å². The van der Waals surface area contributed by atoms with E-state index >= 15 is 0 Å². The van der Waals surface area contributed by atoms with Crippen molar-refractivity contribution >= 4 is 37.7 Å². The van der Waals surface area contributed by atoms with Gasteiger partial charge in [0.15, 0.2) is 4.96 Å². The maximum Gasteiger partial charge on any atom is 0.193 e. The first-order valence-electron chi connectivity index (χ1n) is 6.45. The van der Waals surface area contributed by atoms with Crippen LogP contribution in [-0.2, 0) is 6.42 Å². The summed E-state index contributed by atoms with van der Waals surface area (Å²) < 4.78 is 3.35. The molecule has 0 fully saturated rings. The number of rotatable bonds is 3. The Balaban J connectivity index is 1.62. The van der Waals surface area contributed by atoms with Gasteiger partial charge < -0.3 is 5.73 Å². The van der Waals surface area contributed by atoms with Gasteiger partial charge in [0.1, 0.15) is 0 Å². The first kappa shape index (κ1) is 12.1. The first-order valence-corrected chi connectivity index (χ1v) is 8.14. The minimum absolute atomic E-state index is 0.0111. The van der Waals surface area contributed by atoms with Crippen LogP contribution < -0.4 is 5.73 Å². The molecule has 0 spiro atoms. The molecule has 0 aliphatic carbocycles. The molecule has 2 N–H and O–H groups in total. The van der Waals surface area contributed by atoms with Gasteiger partial charge in [0.25, 0.3) is 0 Å². The van der Waals surface area contributed by atoms with Gasteiger partial charge in [-0.15, -0.1) is 22.7 Å². The van der Waals surface area contributed by atoms with Crippen LogP contribution in [-0.4, -0.2) is 9.38 Å². The molecule has 1 unspecified atom stereocenters. The quantitative estimate of drug-likeness (QED) is 0.624. The maximum absolute atomic E-state index is 6.35. The van der Waals surface area contributed by atoms with Crippen molar-refractivity contribution in [2.45, 2.75) is 12.5 Å². The number of imidazole rings is 1. The average molecular weight is 299 g/mol. The molecule has 0 amide bonds. The van der Waals surface area contributed by atoms with Gasteiger partial charge in [-0.2, -0.15) is 0 Å². The number of nitrogens with zero attached hydrogens (tertiary/aromatic N) is 2. The molecule has 20 heavy (non-hydrogen) atoms. The second kappa shape index (κ2) is 4.70. The number of thiophene rings is 1. The van der Waals surface area contributed by atoms with Crippen LogP contribution >= 0.6 is 22.7 Å². The van der Waals surface area contributed by atoms with Gasteiger partial charge in [-0.05, 0) is 17.5 Å². The smallest absolute Gasteiger partial charge is 0.193 e. The Kier molecular flexibility index (Phi) is 2.84. The van der Waals surface area contributed by atoms with E-state index in [0.717, 1.165) is 17.1 Å². The van der Waals surface area contributed by atoms with Crippen LogP contribution in [0.1, 0.15) is 16.6 Å². The minimum atomic E-state index is 0.0111. The Morgan fingerprint density at radius 2 is 2.20 bits per heavy atom. The molecule has 3 nitrogen and oxygen atoms in total. The Bertz CT molecular complexity index is 810. The molecule has 1 atom stereocenters. The summed E-state index contributed by atoms with van der Waals surface area (Å²) in [5.74, 6) is 0. The fourth-order valence-corrected chi connectivity index (χ4v) is 4.17. The fourth-order valence-electron chi connectivity index (χ4n) is 2.39. The van der Waals surface area contributed by atoms with Crippen LogP contribution in [0.4, 0.5) is 0 Å². The lowest BCUT2D eigenvalue weighted by Gasteiger charge is -2.06. The molecule has 5 heteroatoms. The van der Waals surface area contributed by atoms with E-state index in [1.165, 1.54) is 15.0 Å². The van der Waals surface area contributed by atoms with E-state index in [1.807, 2.05) is 11.6 Å². The number of nitrogens with two attached hydrogens (primary N) is 1. The molecule has 4 aromatic rings. The molecule has 3 aromatic heterocycles. The number of aromatic nitrogens is 2. The van der Waals surface area contributed by atoms with E-state index in [2.05, 4.69) is 45.9 Å². The van der Waals surface area contributed by atoms with Crippen molar-refractivity contribution in [2.24, 2.45) is 5.73 Å². The van der Waals surface area contributed by atoms with E-state index in [-0.39, 0.29) is 6.04 Å². The Morgan fingerprint density at radius 1 is 1.30 bits per heavy atom. The van der Waals surface area contributed by atoms with Crippen LogP contribution in [0.2, 0.25) is 0 Å². The molecular formula is C15H13N3S2. The molecule has 0 bridgehead atoms. The molecule has 0 aliphatic rings. The SMILES string of the molecule is NC(Cc1cn2ccsc2n1)c1cc2ccccc2s1. The summed E-state index contributed by atoms with van der Waals surface area (Å²) in [5.41, 5.74) is 7.40. The van der Waals surface area contributed by atoms with Crippen LogP contribution in [0.25, 0.3) is 15.0 Å². The van der Waals surface area contributed by atoms with Gasteiger partial charge in [-0.25, -0.2) is 4.98 Å². The Labute approximate surface area is 124 Å². The largest absolute Gasteiger partial charge is 0.323 e. The number of fused-ring (bicyclic) bond motifs is 2. The molecule has 0 saturated carbocycles. The number of hydrogen-bond acceptors (Lipinski definition) is 4. The summed E-state index contributed by atoms with van der Waals surface area (Å²) in [6.07, 6.45) is 4.88. The summed E-state index contributed by atoms with van der Waals surface area (Å²) in [5, 5.41) is 3.31. The first-order chi connectivity index (χ1) is 9.79. The third-order valence-electron chi connectivity index (χ3n) is 3.38. The summed E-state index contributed by atoms with van der Waals surface area (Å²) in [4.78, 5) is 6.85. The summed E-state index contributed by atoms with van der Waals surface area (Å²) >= 11 is 3.43. The summed E-state index contributed by atoms with van der Waals surface area (Å²) in [6.45, 7) is 0. The predicted octanol–water partition coefficient (Wildman–Crippen LogP) is 3.85. The maximum atomic E-state index is 6.35. The topological polar surface area (TPSA) is 43.3 Å². The monoisotopic (exact) mass is 299 g/mol. The second-order valence-corrected chi connectivity index (χ2v) is 6.81. The van der Waals surface area contributed by atoms with E-state index in [4.69, 9.17) is 5.73 Å². The Morgan fingerprint density at radius 3 is 3.05 bits per heavy atom. The predicted molar refractivity (Wildman–Crippen MR) is 85.5 cm³/mol. The summed E-state index contributed by atoms with van der Waals surface area (Å²) in [7, 11) is 0. The van der Waals surface area contributed by atoms with Crippen molar-refractivity contribution in [1.82, 2.24) is 9.38 Å². The lowest BCUT2D eigenvalue weighted by atomic mass is 10.1. The van der Waals surface area contributed by atoms with Gasteiger partial charge in [0.05, 0.1) is 5.69 Å². The highest BCUT2D eigenvalue weighted by atomic mass is 32.1. The van der Waals surface area contributed by atoms with Crippen molar-refractivity contribution in [1.29, 1.82) is 0 Å². The van der Waals surface area contributed by atoms with E-state index in [1.54, 1.807) is 22.7 Å². The molecular weight excluding hydrogens is 286 g/mol. The molecule has 0 radical (unpaired) electrons. The van der Waals surface area contributed by atoms with Crippen molar-refractivity contribution in [3.63, 3.8) is 0 Å². The zero-order valence-electron chi connectivity index (χ0n) is 10.7. The zero-order valence-corrected chi connectivity index (χ0v) is 12.3. The lowest BCUT2D eigenvalue weighted by molar-refractivity contribution is 0.724. The van der Waals surface area contributed by atoms with Crippen LogP contribution in [0.5, 0.6) is 0 Å².